The topological polar surface area (TPSA) is 36.3 Å². The Morgan fingerprint density at radius 1 is 1.15 bits per heavy atom. The Morgan fingerprint density at radius 2 is 1.75 bits per heavy atom. The predicted molar refractivity (Wildman–Crippen MR) is 76.4 cm³/mol. The lowest BCUT2D eigenvalue weighted by atomic mass is 9.78. The van der Waals surface area contributed by atoms with Crippen LogP contribution in [0.5, 0.6) is 0 Å². The Labute approximate surface area is 118 Å². The van der Waals surface area contributed by atoms with Gasteiger partial charge < -0.3 is 9.31 Å². The van der Waals surface area contributed by atoms with Crippen LogP contribution in [0.4, 0.5) is 4.39 Å². The van der Waals surface area contributed by atoms with Crippen molar-refractivity contribution in [1.29, 1.82) is 0 Å². The van der Waals surface area contributed by atoms with E-state index in [1.54, 1.807) is 11.7 Å². The van der Waals surface area contributed by atoms with Crippen molar-refractivity contribution in [3.8, 4) is 0 Å². The normalized spacial score (nSPS) is 20.8. The van der Waals surface area contributed by atoms with Crippen LogP contribution in [0.3, 0.4) is 0 Å². The number of hydrogen-bond acceptors (Lipinski definition) is 3. The number of fused-ring (bicyclic) bond motifs is 1. The van der Waals surface area contributed by atoms with E-state index in [9.17, 15) is 4.39 Å². The van der Waals surface area contributed by atoms with Crippen molar-refractivity contribution < 1.29 is 13.7 Å². The van der Waals surface area contributed by atoms with Crippen LogP contribution in [0.15, 0.2) is 18.3 Å². The maximum atomic E-state index is 14.1. The highest BCUT2D eigenvalue weighted by Crippen LogP contribution is 2.36. The van der Waals surface area contributed by atoms with Crippen LogP contribution in [-0.2, 0) is 16.4 Å². The van der Waals surface area contributed by atoms with E-state index in [-0.39, 0.29) is 5.82 Å². The Morgan fingerprint density at radius 3 is 2.35 bits per heavy atom. The molecule has 0 radical (unpaired) electrons. The fraction of sp³-hybridized carbons (Fsp3) is 0.500. The summed E-state index contributed by atoms with van der Waals surface area (Å²) in [5.74, 6) is -0.305. The maximum absolute atomic E-state index is 14.1. The molecule has 6 heteroatoms. The molecule has 1 fully saturated rings. The van der Waals surface area contributed by atoms with Gasteiger partial charge in [-0.3, -0.25) is 4.68 Å². The molecule has 106 valence electrons. The second-order valence-corrected chi connectivity index (χ2v) is 6.29. The summed E-state index contributed by atoms with van der Waals surface area (Å²) in [7, 11) is 1.23. The van der Waals surface area contributed by atoms with Crippen LogP contribution in [0, 0.1) is 5.82 Å². The van der Waals surface area contributed by atoms with E-state index in [0.717, 1.165) is 5.52 Å². The third-order valence-electron chi connectivity index (χ3n) is 4.36. The van der Waals surface area contributed by atoms with E-state index in [2.05, 4.69) is 5.10 Å². The summed E-state index contributed by atoms with van der Waals surface area (Å²) in [5.41, 5.74) is 0.539. The molecule has 4 nitrogen and oxygen atoms in total. The smallest absolute Gasteiger partial charge is 0.399 e. The molecule has 0 aliphatic carbocycles. The quantitative estimate of drug-likeness (QED) is 0.747. The lowest BCUT2D eigenvalue weighted by Gasteiger charge is -2.32. The van der Waals surface area contributed by atoms with Gasteiger partial charge in [-0.2, -0.15) is 5.10 Å². The molecule has 1 saturated heterocycles. The molecule has 2 aromatic rings. The summed E-state index contributed by atoms with van der Waals surface area (Å²) >= 11 is 0. The molecule has 0 saturated carbocycles. The Balaban J connectivity index is 2.06. The molecule has 1 aliphatic heterocycles. The number of rotatable bonds is 1. The lowest BCUT2D eigenvalue weighted by Crippen LogP contribution is -2.41. The third-order valence-corrected chi connectivity index (χ3v) is 4.36. The molecule has 1 aliphatic rings. The molecule has 0 spiro atoms. The molecule has 20 heavy (non-hydrogen) atoms. The van der Waals surface area contributed by atoms with Crippen molar-refractivity contribution in [3.63, 3.8) is 0 Å². The zero-order chi connectivity index (χ0) is 14.7. The molecular weight excluding hydrogens is 258 g/mol. The first kappa shape index (κ1) is 13.6. The number of aromatic nitrogens is 2. The summed E-state index contributed by atoms with van der Waals surface area (Å²) in [4.78, 5) is 0. The van der Waals surface area contributed by atoms with E-state index in [1.807, 2.05) is 33.8 Å². The fourth-order valence-corrected chi connectivity index (χ4v) is 2.34. The van der Waals surface area contributed by atoms with Crippen molar-refractivity contribution in [2.24, 2.45) is 7.05 Å². The largest absolute Gasteiger partial charge is 0.495 e. The van der Waals surface area contributed by atoms with Crippen LogP contribution < -0.4 is 5.46 Å². The zero-order valence-corrected chi connectivity index (χ0v) is 12.4. The fourth-order valence-electron chi connectivity index (χ4n) is 2.34. The number of nitrogens with zero attached hydrogens (tertiary/aromatic N) is 2. The van der Waals surface area contributed by atoms with E-state index >= 15 is 0 Å². The molecule has 0 atom stereocenters. The number of benzene rings is 1. The van der Waals surface area contributed by atoms with Crippen molar-refractivity contribution in [2.75, 3.05) is 0 Å². The highest BCUT2D eigenvalue weighted by molar-refractivity contribution is 6.62. The minimum absolute atomic E-state index is 0.305. The van der Waals surface area contributed by atoms with Gasteiger partial charge in [0.05, 0.1) is 28.3 Å². The molecule has 0 bridgehead atoms. The van der Waals surface area contributed by atoms with E-state index in [1.165, 1.54) is 12.3 Å². The third kappa shape index (κ3) is 1.86. The minimum atomic E-state index is -0.561. The molecule has 2 heterocycles. The number of aryl methyl sites for hydroxylation is 1. The second kappa shape index (κ2) is 4.05. The molecular formula is C14H18BFN2O2. The molecule has 0 unspecified atom stereocenters. The van der Waals surface area contributed by atoms with Crippen molar-refractivity contribution in [1.82, 2.24) is 9.78 Å². The highest BCUT2D eigenvalue weighted by Gasteiger charge is 2.51. The Hall–Kier alpha value is -1.40. The van der Waals surface area contributed by atoms with Crippen LogP contribution >= 0.6 is 0 Å². The highest BCUT2D eigenvalue weighted by atomic mass is 19.1. The standard InChI is InChI=1S/C14H18BFN2O2/c1-13(2)14(3,4)20-15(19-13)9-6-11(16)10-8-17-18(5)12(10)7-9/h6-8H,1-5H3. The van der Waals surface area contributed by atoms with Gasteiger partial charge in [-0.25, -0.2) is 4.39 Å². The predicted octanol–water partition coefficient (Wildman–Crippen LogP) is 2.01. The summed E-state index contributed by atoms with van der Waals surface area (Å²) in [6.07, 6.45) is 1.53. The summed E-state index contributed by atoms with van der Waals surface area (Å²) < 4.78 is 27.7. The van der Waals surface area contributed by atoms with E-state index in [4.69, 9.17) is 9.31 Å². The van der Waals surface area contributed by atoms with Gasteiger partial charge in [-0.15, -0.1) is 0 Å². The van der Waals surface area contributed by atoms with Gasteiger partial charge in [0.25, 0.3) is 0 Å². The van der Waals surface area contributed by atoms with Crippen molar-refractivity contribution in [3.05, 3.63) is 24.1 Å². The van der Waals surface area contributed by atoms with Gasteiger partial charge in [-0.1, -0.05) is 0 Å². The first-order valence-corrected chi connectivity index (χ1v) is 6.68. The monoisotopic (exact) mass is 276 g/mol. The van der Waals surface area contributed by atoms with E-state index < -0.39 is 18.3 Å². The first-order valence-electron chi connectivity index (χ1n) is 6.68. The van der Waals surface area contributed by atoms with E-state index in [0.29, 0.717) is 10.8 Å². The summed E-state index contributed by atoms with van der Waals surface area (Å²) in [5, 5.41) is 4.58. The minimum Gasteiger partial charge on any atom is -0.399 e. The van der Waals surface area contributed by atoms with Gasteiger partial charge in [0.1, 0.15) is 5.82 Å². The maximum Gasteiger partial charge on any atom is 0.495 e. The molecule has 3 rings (SSSR count). The molecule has 0 amide bonds. The molecule has 1 aromatic carbocycles. The first-order chi connectivity index (χ1) is 9.21. The average Bonchev–Trinajstić information content (AvgIpc) is 2.79. The second-order valence-electron chi connectivity index (χ2n) is 6.29. The van der Waals surface area contributed by atoms with Crippen LogP contribution in [0.2, 0.25) is 0 Å². The van der Waals surface area contributed by atoms with Crippen LogP contribution in [0.25, 0.3) is 10.9 Å². The van der Waals surface area contributed by atoms with Crippen LogP contribution in [-0.4, -0.2) is 28.1 Å². The Kier molecular flexibility index (Phi) is 2.75. The van der Waals surface area contributed by atoms with Crippen molar-refractivity contribution >= 4 is 23.5 Å². The van der Waals surface area contributed by atoms with Crippen molar-refractivity contribution in [2.45, 2.75) is 38.9 Å². The summed E-state index contributed by atoms with van der Waals surface area (Å²) in [6.45, 7) is 7.91. The number of halogens is 1. The van der Waals surface area contributed by atoms with Crippen LogP contribution in [0.1, 0.15) is 27.7 Å². The van der Waals surface area contributed by atoms with Gasteiger partial charge in [0.2, 0.25) is 0 Å². The average molecular weight is 276 g/mol. The van der Waals surface area contributed by atoms with Gasteiger partial charge in [0, 0.05) is 7.05 Å². The summed E-state index contributed by atoms with van der Waals surface area (Å²) in [6, 6.07) is 3.33. The Bertz CT molecular complexity index is 665. The van der Waals surface area contributed by atoms with Gasteiger partial charge in [-0.05, 0) is 45.3 Å². The van der Waals surface area contributed by atoms with Gasteiger partial charge in [0.15, 0.2) is 0 Å². The SMILES string of the molecule is Cn1ncc2c(F)cc(B3OC(C)(C)C(C)(C)O3)cc21. The van der Waals surface area contributed by atoms with Gasteiger partial charge >= 0.3 is 7.12 Å². The number of hydrogen-bond donors (Lipinski definition) is 0. The molecule has 1 aromatic heterocycles. The lowest BCUT2D eigenvalue weighted by molar-refractivity contribution is 0.00578. The molecule has 0 N–H and O–H groups in total. The zero-order valence-electron chi connectivity index (χ0n) is 12.4.